The number of carbonyl (C=O) groups is 2. The van der Waals surface area contributed by atoms with E-state index in [2.05, 4.69) is 24.5 Å². The maximum Gasteiger partial charge on any atom is 0.302 e. The third-order valence-corrected chi connectivity index (χ3v) is 5.79. The Morgan fingerprint density at radius 3 is 2.55 bits per heavy atom. The van der Waals surface area contributed by atoms with Gasteiger partial charge in [-0.15, -0.1) is 0 Å². The highest BCUT2D eigenvalue weighted by atomic mass is 32.1. The molecule has 0 spiro atoms. The van der Waals surface area contributed by atoms with Gasteiger partial charge in [-0.2, -0.15) is 0 Å². The lowest BCUT2D eigenvalue weighted by atomic mass is 9.99. The Morgan fingerprint density at radius 2 is 1.87 bits per heavy atom. The maximum atomic E-state index is 13.0. The van der Waals surface area contributed by atoms with E-state index in [1.54, 1.807) is 10.8 Å². The monoisotopic (exact) mass is 440 g/mol. The van der Waals surface area contributed by atoms with Gasteiger partial charge in [-0.05, 0) is 24.3 Å². The number of aromatic nitrogens is 3. The van der Waals surface area contributed by atoms with Crippen molar-refractivity contribution in [2.75, 3.05) is 13.1 Å². The largest absolute Gasteiger partial charge is 0.481 e. The Morgan fingerprint density at radius 1 is 1.16 bits per heavy atom. The Balaban J connectivity index is 1.62. The molecule has 8 nitrogen and oxygen atoms in total. The van der Waals surface area contributed by atoms with Crippen LogP contribution in [0.3, 0.4) is 0 Å². The Labute approximate surface area is 184 Å². The Bertz CT molecular complexity index is 1160. The van der Waals surface area contributed by atoms with Crippen molar-refractivity contribution < 1.29 is 14.3 Å². The van der Waals surface area contributed by atoms with Gasteiger partial charge in [0.1, 0.15) is 13.2 Å². The topological polar surface area (TPSA) is 85.9 Å². The van der Waals surface area contributed by atoms with Gasteiger partial charge < -0.3 is 14.2 Å². The normalized spacial score (nSPS) is 14.7. The van der Waals surface area contributed by atoms with Crippen LogP contribution in [0.25, 0.3) is 5.78 Å². The summed E-state index contributed by atoms with van der Waals surface area (Å²) in [5.41, 5.74) is 0.170. The van der Waals surface area contributed by atoms with Crippen molar-refractivity contribution in [2.24, 2.45) is 5.92 Å². The number of nitrogens with zero attached hydrogens (tertiary/aromatic N) is 4. The zero-order valence-electron chi connectivity index (χ0n) is 17.2. The average molecular weight is 441 g/mol. The van der Waals surface area contributed by atoms with Gasteiger partial charge in [0.05, 0.1) is 0 Å². The van der Waals surface area contributed by atoms with E-state index in [-0.39, 0.29) is 36.3 Å². The summed E-state index contributed by atoms with van der Waals surface area (Å²) in [5, 5.41) is -0.674. The first-order valence-corrected chi connectivity index (χ1v) is 10.7. The molecule has 1 aliphatic heterocycles. The van der Waals surface area contributed by atoms with Gasteiger partial charge in [0, 0.05) is 25.5 Å². The molecule has 0 radical (unpaired) electrons. The highest BCUT2D eigenvalue weighted by Crippen LogP contribution is 2.19. The van der Waals surface area contributed by atoms with Crippen LogP contribution < -0.4 is 10.3 Å². The number of fused-ring (bicyclic) bond motifs is 1. The van der Waals surface area contributed by atoms with E-state index in [1.165, 1.54) is 10.6 Å². The van der Waals surface area contributed by atoms with E-state index >= 15 is 0 Å². The van der Waals surface area contributed by atoms with E-state index in [4.69, 9.17) is 4.74 Å². The smallest absolute Gasteiger partial charge is 0.302 e. The highest BCUT2D eigenvalue weighted by Gasteiger charge is 2.23. The van der Waals surface area contributed by atoms with Crippen LogP contribution in [-0.4, -0.2) is 43.0 Å². The molecule has 3 heterocycles. The van der Waals surface area contributed by atoms with Gasteiger partial charge in [-0.25, -0.2) is 9.38 Å². The molecule has 0 aliphatic carbocycles. The van der Waals surface area contributed by atoms with Gasteiger partial charge in [0.25, 0.3) is 0 Å². The molecule has 1 aromatic carbocycles. The summed E-state index contributed by atoms with van der Waals surface area (Å²) >= 11 is 3.87. The molecule has 0 N–H and O–H groups in total. The van der Waals surface area contributed by atoms with Crippen LogP contribution in [0.4, 0.5) is 0 Å². The molecule has 3 aromatic rings. The van der Waals surface area contributed by atoms with Crippen molar-refractivity contribution in [3.05, 3.63) is 64.3 Å². The molecule has 0 atom stereocenters. The summed E-state index contributed by atoms with van der Waals surface area (Å²) < 4.78 is 8.53. The van der Waals surface area contributed by atoms with Gasteiger partial charge in [-0.1, -0.05) is 49.9 Å². The van der Waals surface area contributed by atoms with Crippen LogP contribution in [0.1, 0.15) is 35.8 Å². The predicted molar refractivity (Wildman–Crippen MR) is 119 cm³/mol. The first-order chi connectivity index (χ1) is 14.9. The van der Waals surface area contributed by atoms with E-state index < -0.39 is 10.7 Å². The Kier molecular flexibility index (Phi) is 6.13. The third-order valence-electron chi connectivity index (χ3n) is 5.58. The van der Waals surface area contributed by atoms with Crippen molar-refractivity contribution >= 4 is 29.4 Å². The number of hydrogen-bond donors (Lipinski definition) is 1. The fraction of sp³-hybridized carbons (Fsp3) is 0.364. The van der Waals surface area contributed by atoms with Crippen molar-refractivity contribution in [3.8, 4) is 5.75 Å². The average Bonchev–Trinajstić information content (AvgIpc) is 3.17. The molecule has 0 unspecified atom stereocenters. The maximum absolute atomic E-state index is 13.0. The molecule has 9 heteroatoms. The lowest BCUT2D eigenvalue weighted by Gasteiger charge is -2.30. The number of hydrogen-bond acceptors (Lipinski definition) is 5. The Hall–Kier alpha value is -3.07. The quantitative estimate of drug-likeness (QED) is 0.595. The number of thiol groups is 1. The molecule has 0 bridgehead atoms. The second kappa shape index (κ2) is 8.97. The molecule has 1 aliphatic rings. The van der Waals surface area contributed by atoms with Gasteiger partial charge in [0.2, 0.25) is 22.5 Å². The molecule has 162 valence electrons. The van der Waals surface area contributed by atoms with Crippen LogP contribution in [0.2, 0.25) is 0 Å². The molecule has 1 saturated heterocycles. The summed E-state index contributed by atoms with van der Waals surface area (Å²) in [5.74, 6) is 0.626. The van der Waals surface area contributed by atoms with E-state index in [1.807, 2.05) is 35.2 Å². The molecular weight excluding hydrogens is 416 g/mol. The number of piperidine rings is 1. The minimum Gasteiger partial charge on any atom is -0.481 e. The number of ether oxygens (including phenoxy) is 1. The number of carbonyl (C=O) groups excluding carboxylic acids is 2. The first-order valence-electron chi connectivity index (χ1n) is 10.2. The predicted octanol–water partition coefficient (Wildman–Crippen LogP) is 2.40. The second-order valence-corrected chi connectivity index (χ2v) is 8.24. The first kappa shape index (κ1) is 21.2. The minimum absolute atomic E-state index is 0.0394. The van der Waals surface area contributed by atoms with Gasteiger partial charge >= 0.3 is 5.56 Å². The van der Waals surface area contributed by atoms with Crippen LogP contribution in [0.5, 0.6) is 5.75 Å². The van der Waals surface area contributed by atoms with Crippen LogP contribution in [0, 0.1) is 5.92 Å². The van der Waals surface area contributed by atoms with Crippen LogP contribution in [0.15, 0.2) is 47.5 Å². The SMILES string of the molecule is CC1CCN(C(=O)Cn2ccn3c(=O)c(OCc4ccccc4)c(C(=O)S)nc23)CC1. The van der Waals surface area contributed by atoms with Crippen LogP contribution >= 0.6 is 12.6 Å². The highest BCUT2D eigenvalue weighted by molar-refractivity contribution is 7.97. The van der Waals surface area contributed by atoms with Crippen molar-refractivity contribution in [1.82, 2.24) is 18.9 Å². The summed E-state index contributed by atoms with van der Waals surface area (Å²) in [4.78, 5) is 44.0. The van der Waals surface area contributed by atoms with Gasteiger partial charge in [-0.3, -0.25) is 14.4 Å². The summed E-state index contributed by atoms with van der Waals surface area (Å²) in [6.07, 6.45) is 5.10. The van der Waals surface area contributed by atoms with Crippen molar-refractivity contribution in [3.63, 3.8) is 0 Å². The number of benzene rings is 1. The molecular formula is C22H24N4O4S. The molecule has 1 fully saturated rings. The lowest BCUT2D eigenvalue weighted by Crippen LogP contribution is -2.39. The van der Waals surface area contributed by atoms with E-state index in [0.29, 0.717) is 5.92 Å². The zero-order chi connectivity index (χ0) is 22.0. The summed E-state index contributed by atoms with van der Waals surface area (Å²) in [6.45, 7) is 3.80. The van der Waals surface area contributed by atoms with Crippen LogP contribution in [-0.2, 0) is 17.9 Å². The number of imidazole rings is 1. The number of likely N-dealkylation sites (tertiary alicyclic amines) is 1. The standard InChI is InChI=1S/C22H24N4O4S/c1-15-7-9-24(10-8-15)17(27)13-25-11-12-26-20(28)19(18(21(29)31)23-22(25)26)30-14-16-5-3-2-4-6-16/h2-6,11-12,15H,7-10,13-14H2,1H3,(H,29,31). The molecule has 31 heavy (non-hydrogen) atoms. The van der Waals surface area contributed by atoms with Crippen molar-refractivity contribution in [1.29, 1.82) is 0 Å². The fourth-order valence-electron chi connectivity index (χ4n) is 3.69. The molecule has 4 rings (SSSR count). The third kappa shape index (κ3) is 4.51. The van der Waals surface area contributed by atoms with E-state index in [9.17, 15) is 14.4 Å². The molecule has 2 aromatic heterocycles. The number of amides is 1. The number of rotatable bonds is 6. The fourth-order valence-corrected chi connectivity index (χ4v) is 3.84. The van der Waals surface area contributed by atoms with E-state index in [0.717, 1.165) is 31.5 Å². The van der Waals surface area contributed by atoms with Gasteiger partial charge in [0.15, 0.2) is 5.69 Å². The van der Waals surface area contributed by atoms with Crippen molar-refractivity contribution in [2.45, 2.75) is 32.9 Å². The minimum atomic E-state index is -0.674. The molecule has 0 saturated carbocycles. The summed E-state index contributed by atoms with van der Waals surface area (Å²) in [7, 11) is 0. The zero-order valence-corrected chi connectivity index (χ0v) is 18.1. The lowest BCUT2D eigenvalue weighted by molar-refractivity contribution is -0.133. The second-order valence-electron chi connectivity index (χ2n) is 7.83. The summed E-state index contributed by atoms with van der Waals surface area (Å²) in [6, 6.07) is 9.31. The molecule has 1 amide bonds.